The molecule has 0 spiro atoms. The molecule has 0 aliphatic rings. The SMILES string of the molecule is COc1c(Cl)nc(NS(=O)(=O)c2cnn(C)c2)nc1-c1ccccc1C. The molecular weight excluding hydrogens is 378 g/mol. The number of benzene rings is 1. The Morgan fingerprint density at radius 3 is 2.58 bits per heavy atom. The third kappa shape index (κ3) is 3.49. The van der Waals surface area contributed by atoms with E-state index in [1.165, 1.54) is 24.2 Å². The van der Waals surface area contributed by atoms with E-state index in [1.54, 1.807) is 7.05 Å². The molecule has 1 N–H and O–H groups in total. The summed E-state index contributed by atoms with van der Waals surface area (Å²) in [5.74, 6) is 0.114. The Bertz CT molecular complexity index is 1070. The third-order valence-corrected chi connectivity index (χ3v) is 5.18. The molecule has 0 unspecified atom stereocenters. The van der Waals surface area contributed by atoms with E-state index < -0.39 is 10.0 Å². The zero-order valence-corrected chi connectivity index (χ0v) is 15.8. The number of ether oxygens (including phenoxy) is 1. The predicted molar refractivity (Wildman–Crippen MR) is 97.8 cm³/mol. The van der Waals surface area contributed by atoms with Crippen LogP contribution in [0.15, 0.2) is 41.6 Å². The van der Waals surface area contributed by atoms with Gasteiger partial charge in [0, 0.05) is 18.8 Å². The molecule has 0 radical (unpaired) electrons. The Morgan fingerprint density at radius 2 is 1.96 bits per heavy atom. The summed E-state index contributed by atoms with van der Waals surface area (Å²) in [5.41, 5.74) is 2.09. The molecule has 3 aromatic rings. The van der Waals surface area contributed by atoms with E-state index >= 15 is 0 Å². The number of anilines is 1. The molecule has 136 valence electrons. The van der Waals surface area contributed by atoms with E-state index in [0.717, 1.165) is 11.1 Å². The predicted octanol–water partition coefficient (Wildman–Crippen LogP) is 2.65. The van der Waals surface area contributed by atoms with Crippen LogP contribution in [-0.2, 0) is 17.1 Å². The number of hydrogen-bond donors (Lipinski definition) is 1. The van der Waals surface area contributed by atoms with Gasteiger partial charge < -0.3 is 4.74 Å². The Hall–Kier alpha value is -2.65. The van der Waals surface area contributed by atoms with Crippen LogP contribution in [0.25, 0.3) is 11.3 Å². The first kappa shape index (κ1) is 18.2. The maximum atomic E-state index is 12.5. The second-order valence-electron chi connectivity index (χ2n) is 5.49. The van der Waals surface area contributed by atoms with Crippen LogP contribution >= 0.6 is 11.6 Å². The molecule has 10 heteroatoms. The topological polar surface area (TPSA) is 99.0 Å². The minimum Gasteiger partial charge on any atom is -0.491 e. The fourth-order valence-corrected chi connectivity index (χ4v) is 3.56. The van der Waals surface area contributed by atoms with Crippen LogP contribution in [0.4, 0.5) is 5.95 Å². The van der Waals surface area contributed by atoms with Crippen LogP contribution in [0.2, 0.25) is 5.15 Å². The number of rotatable bonds is 5. The van der Waals surface area contributed by atoms with Gasteiger partial charge in [0.2, 0.25) is 5.95 Å². The number of aryl methyl sites for hydroxylation is 2. The van der Waals surface area contributed by atoms with Gasteiger partial charge in [0.15, 0.2) is 10.9 Å². The number of nitrogens with zero attached hydrogens (tertiary/aromatic N) is 4. The highest BCUT2D eigenvalue weighted by Gasteiger charge is 2.22. The Morgan fingerprint density at radius 1 is 1.23 bits per heavy atom. The van der Waals surface area contributed by atoms with Gasteiger partial charge in [-0.1, -0.05) is 35.9 Å². The molecule has 0 aliphatic carbocycles. The lowest BCUT2D eigenvalue weighted by Crippen LogP contribution is -2.15. The molecule has 0 amide bonds. The van der Waals surface area contributed by atoms with Gasteiger partial charge in [-0.2, -0.15) is 10.1 Å². The zero-order chi connectivity index (χ0) is 18.9. The first-order valence-corrected chi connectivity index (χ1v) is 9.37. The molecule has 26 heavy (non-hydrogen) atoms. The van der Waals surface area contributed by atoms with E-state index in [9.17, 15) is 8.42 Å². The van der Waals surface area contributed by atoms with Gasteiger partial charge in [0.25, 0.3) is 10.0 Å². The average molecular weight is 394 g/mol. The first-order chi connectivity index (χ1) is 12.3. The molecule has 3 rings (SSSR count). The van der Waals surface area contributed by atoms with Crippen LogP contribution in [0.5, 0.6) is 5.75 Å². The second kappa shape index (κ2) is 6.93. The standard InChI is InChI=1S/C16H16ClN5O3S/c1-10-6-4-5-7-12(10)13-14(25-3)15(17)20-16(19-13)21-26(23,24)11-8-18-22(2)9-11/h4-9H,1-3H3,(H,19,20,21). The maximum absolute atomic E-state index is 12.5. The van der Waals surface area contributed by atoms with E-state index in [-0.39, 0.29) is 21.7 Å². The fraction of sp³-hybridized carbons (Fsp3) is 0.188. The van der Waals surface area contributed by atoms with Crippen molar-refractivity contribution >= 4 is 27.6 Å². The monoisotopic (exact) mass is 393 g/mol. The molecule has 0 saturated heterocycles. The van der Waals surface area contributed by atoms with Crippen LogP contribution in [-0.4, -0.2) is 35.3 Å². The average Bonchev–Trinajstić information content (AvgIpc) is 3.02. The van der Waals surface area contributed by atoms with Gasteiger partial charge in [-0.3, -0.25) is 4.68 Å². The zero-order valence-electron chi connectivity index (χ0n) is 14.3. The van der Waals surface area contributed by atoms with Crippen molar-refractivity contribution in [3.8, 4) is 17.0 Å². The summed E-state index contributed by atoms with van der Waals surface area (Å²) in [7, 11) is -0.824. The van der Waals surface area contributed by atoms with Crippen LogP contribution in [0.3, 0.4) is 0 Å². The van der Waals surface area contributed by atoms with Crippen molar-refractivity contribution in [2.45, 2.75) is 11.8 Å². The lowest BCUT2D eigenvalue weighted by Gasteiger charge is -2.13. The van der Waals surface area contributed by atoms with E-state index in [1.807, 2.05) is 31.2 Å². The molecule has 0 aliphatic heterocycles. The van der Waals surface area contributed by atoms with Gasteiger partial charge in [-0.15, -0.1) is 0 Å². The van der Waals surface area contributed by atoms with Crippen molar-refractivity contribution in [2.75, 3.05) is 11.8 Å². The Balaban J connectivity index is 2.09. The highest BCUT2D eigenvalue weighted by molar-refractivity contribution is 7.92. The molecule has 0 bridgehead atoms. The van der Waals surface area contributed by atoms with Crippen molar-refractivity contribution in [2.24, 2.45) is 7.05 Å². The van der Waals surface area contributed by atoms with Crippen LogP contribution in [0.1, 0.15) is 5.56 Å². The number of sulfonamides is 1. The Labute approximate surface area is 155 Å². The van der Waals surface area contributed by atoms with Gasteiger partial charge in [0.05, 0.1) is 13.3 Å². The summed E-state index contributed by atoms with van der Waals surface area (Å²) < 4.78 is 34.0. The number of halogens is 1. The fourth-order valence-electron chi connectivity index (χ4n) is 2.39. The lowest BCUT2D eigenvalue weighted by atomic mass is 10.1. The molecule has 2 heterocycles. The number of hydrogen-bond acceptors (Lipinski definition) is 6. The van der Waals surface area contributed by atoms with Gasteiger partial charge in [-0.05, 0) is 12.5 Å². The molecule has 0 saturated carbocycles. The highest BCUT2D eigenvalue weighted by Crippen LogP contribution is 2.36. The van der Waals surface area contributed by atoms with Crippen molar-refractivity contribution in [1.82, 2.24) is 19.7 Å². The summed E-state index contributed by atoms with van der Waals surface area (Å²) in [6.45, 7) is 1.91. The Kier molecular flexibility index (Phi) is 4.84. The summed E-state index contributed by atoms with van der Waals surface area (Å²) in [5, 5.41) is 3.86. The molecular formula is C16H16ClN5O3S. The highest BCUT2D eigenvalue weighted by atomic mass is 35.5. The quantitative estimate of drug-likeness (QED) is 0.669. The molecule has 2 aromatic heterocycles. The first-order valence-electron chi connectivity index (χ1n) is 7.51. The van der Waals surface area contributed by atoms with E-state index in [0.29, 0.717) is 5.69 Å². The molecule has 0 atom stereocenters. The number of aromatic nitrogens is 4. The van der Waals surface area contributed by atoms with Crippen molar-refractivity contribution in [1.29, 1.82) is 0 Å². The maximum Gasteiger partial charge on any atom is 0.267 e. The van der Waals surface area contributed by atoms with Gasteiger partial charge in [0.1, 0.15) is 10.6 Å². The van der Waals surface area contributed by atoms with Crippen LogP contribution in [0, 0.1) is 6.92 Å². The summed E-state index contributed by atoms with van der Waals surface area (Å²) >= 11 is 6.19. The number of nitrogens with one attached hydrogen (secondary N) is 1. The lowest BCUT2D eigenvalue weighted by molar-refractivity contribution is 0.413. The number of methoxy groups -OCH3 is 1. The normalized spacial score (nSPS) is 11.4. The van der Waals surface area contributed by atoms with Crippen molar-refractivity contribution in [3.05, 3.63) is 47.4 Å². The van der Waals surface area contributed by atoms with E-state index in [4.69, 9.17) is 16.3 Å². The summed E-state index contributed by atoms with van der Waals surface area (Å²) in [6.07, 6.45) is 2.60. The van der Waals surface area contributed by atoms with Gasteiger partial charge in [-0.25, -0.2) is 18.1 Å². The van der Waals surface area contributed by atoms with Gasteiger partial charge >= 0.3 is 0 Å². The smallest absolute Gasteiger partial charge is 0.267 e. The largest absolute Gasteiger partial charge is 0.491 e. The van der Waals surface area contributed by atoms with E-state index in [2.05, 4.69) is 19.8 Å². The minimum atomic E-state index is -3.90. The molecule has 0 fully saturated rings. The summed E-state index contributed by atoms with van der Waals surface area (Å²) in [6, 6.07) is 7.48. The van der Waals surface area contributed by atoms with Crippen molar-refractivity contribution in [3.63, 3.8) is 0 Å². The van der Waals surface area contributed by atoms with Crippen LogP contribution < -0.4 is 9.46 Å². The third-order valence-electron chi connectivity index (χ3n) is 3.65. The molecule has 8 nitrogen and oxygen atoms in total. The van der Waals surface area contributed by atoms with Crippen molar-refractivity contribution < 1.29 is 13.2 Å². The summed E-state index contributed by atoms with van der Waals surface area (Å²) in [4.78, 5) is 8.30. The molecule has 1 aromatic carbocycles. The second-order valence-corrected chi connectivity index (χ2v) is 7.53. The minimum absolute atomic E-state index is 0.00430.